The molecular weight excluding hydrogens is 793 g/mol. The van der Waals surface area contributed by atoms with Gasteiger partial charge in [0.2, 0.25) is 0 Å². The lowest BCUT2D eigenvalue weighted by Gasteiger charge is -2.34. The van der Waals surface area contributed by atoms with Crippen LogP contribution >= 0.6 is 0 Å². The zero-order chi connectivity index (χ0) is 42.2. The van der Waals surface area contributed by atoms with Crippen molar-refractivity contribution in [2.75, 3.05) is 0 Å². The van der Waals surface area contributed by atoms with E-state index in [1.165, 1.54) is 58.8 Å². The molecule has 10 aromatic carbocycles. The number of hydrogen-bond acceptors (Lipinski definition) is 1. The Hall–Kier alpha value is -8.18. The molecule has 0 N–H and O–H groups in total. The van der Waals surface area contributed by atoms with E-state index < -0.39 is 8.07 Å². The number of para-hydroxylation sites is 5. The maximum atomic E-state index is 6.65. The first-order valence-electron chi connectivity index (χ1n) is 22.0. The molecule has 64 heavy (non-hydrogen) atoms. The van der Waals surface area contributed by atoms with Gasteiger partial charge in [-0.25, -0.2) is 0 Å². The Labute approximate surface area is 371 Å². The summed E-state index contributed by atoms with van der Waals surface area (Å²) in [5, 5.41) is 12.5. The van der Waals surface area contributed by atoms with Gasteiger partial charge in [-0.15, -0.1) is 0 Å². The molecule has 3 heterocycles. The van der Waals surface area contributed by atoms with Gasteiger partial charge in [0.1, 0.15) is 11.2 Å². The largest absolute Gasteiger partial charge is 0.455 e. The lowest BCUT2D eigenvalue weighted by Crippen LogP contribution is -2.74. The highest BCUT2D eigenvalue weighted by Gasteiger charge is 2.41. The lowest BCUT2D eigenvalue weighted by atomic mass is 9.99. The Morgan fingerprint density at radius 1 is 0.297 bits per heavy atom. The van der Waals surface area contributed by atoms with Crippen molar-refractivity contribution in [3.05, 3.63) is 243 Å². The Morgan fingerprint density at radius 2 is 0.781 bits per heavy atom. The zero-order valence-corrected chi connectivity index (χ0v) is 35.9. The van der Waals surface area contributed by atoms with Gasteiger partial charge in [-0.3, -0.25) is 0 Å². The van der Waals surface area contributed by atoms with Crippen molar-refractivity contribution >= 4 is 94.4 Å². The maximum Gasteiger partial charge on any atom is 0.179 e. The molecule has 0 aliphatic rings. The predicted octanol–water partition coefficient (Wildman–Crippen LogP) is 12.8. The summed E-state index contributed by atoms with van der Waals surface area (Å²) in [7, 11) is -2.76. The zero-order valence-electron chi connectivity index (χ0n) is 34.9. The third-order valence-corrected chi connectivity index (χ3v) is 18.2. The number of furan rings is 1. The van der Waals surface area contributed by atoms with Crippen LogP contribution < -0.4 is 20.7 Å². The quantitative estimate of drug-likeness (QED) is 0.116. The summed E-state index contributed by atoms with van der Waals surface area (Å²) in [5.74, 6) is 0. The minimum absolute atomic E-state index is 0.901. The first kappa shape index (κ1) is 36.5. The number of fused-ring (bicyclic) bond motifs is 9. The maximum absolute atomic E-state index is 6.65. The number of nitrogens with zero attached hydrogens (tertiary/aromatic N) is 2. The second kappa shape index (κ2) is 14.5. The molecule has 0 saturated heterocycles. The van der Waals surface area contributed by atoms with Crippen molar-refractivity contribution in [3.8, 4) is 22.5 Å². The summed E-state index contributed by atoms with van der Waals surface area (Å²) < 4.78 is 11.6. The average Bonchev–Trinajstić information content (AvgIpc) is 4.03. The first-order chi connectivity index (χ1) is 31.8. The molecule has 0 saturated carbocycles. The highest BCUT2D eigenvalue weighted by atomic mass is 28.3. The SMILES string of the molecule is c1ccc([Si](c2ccccc2)(c2ccccc2)c2cccc(-n3c4ccccc4c4cc(-n5c6ccccc6c6cccc(-c7cccc8c7oc7ccccc78)c65)ccc43)c2)cc1. The van der Waals surface area contributed by atoms with E-state index >= 15 is 0 Å². The topological polar surface area (TPSA) is 23.0 Å². The fraction of sp³-hybridized carbons (Fsp3) is 0. The molecule has 0 spiro atoms. The second-order valence-electron chi connectivity index (χ2n) is 16.8. The van der Waals surface area contributed by atoms with Gasteiger partial charge >= 0.3 is 0 Å². The standard InChI is InChI=1S/C60H40N2OSi/c1-4-20-43(21-5-1)64(44-22-6-2-7-23-44,45-24-8-3-9-25-45)46-26-16-19-41(39-46)61-55-34-13-11-28-48(55)54-40-42(37-38-57(54)61)62-56-35-14-10-27-47(56)50-30-17-31-51(59(50)62)53-33-18-32-52-49-29-12-15-36-58(49)63-60(52)53/h1-40H. The van der Waals surface area contributed by atoms with E-state index in [0.29, 0.717) is 0 Å². The monoisotopic (exact) mass is 832 g/mol. The minimum Gasteiger partial charge on any atom is -0.455 e. The van der Waals surface area contributed by atoms with E-state index in [0.717, 1.165) is 50.0 Å². The Bertz CT molecular complexity index is 3800. The van der Waals surface area contributed by atoms with Gasteiger partial charge in [-0.1, -0.05) is 194 Å². The van der Waals surface area contributed by atoms with Gasteiger partial charge in [0.05, 0.1) is 22.1 Å². The highest BCUT2D eigenvalue weighted by Crippen LogP contribution is 2.43. The molecule has 13 rings (SSSR count). The van der Waals surface area contributed by atoms with Gasteiger partial charge in [-0.2, -0.15) is 0 Å². The minimum atomic E-state index is -2.76. The molecule has 3 nitrogen and oxygen atoms in total. The fourth-order valence-corrected chi connectivity index (χ4v) is 15.6. The van der Waals surface area contributed by atoms with Crippen molar-refractivity contribution in [1.82, 2.24) is 9.13 Å². The third-order valence-electron chi connectivity index (χ3n) is 13.5. The third kappa shape index (κ3) is 5.33. The molecule has 0 unspecified atom stereocenters. The van der Waals surface area contributed by atoms with Crippen LogP contribution in [0.5, 0.6) is 0 Å². The van der Waals surface area contributed by atoms with Crippen LogP contribution in [0.1, 0.15) is 0 Å². The molecular formula is C60H40N2OSi. The summed E-state index contributed by atoms with van der Waals surface area (Å²) in [6.07, 6.45) is 0. The molecule has 3 aromatic heterocycles. The normalized spacial score (nSPS) is 12.1. The number of benzene rings is 10. The summed E-state index contributed by atoms with van der Waals surface area (Å²) in [5.41, 5.74) is 11.0. The molecule has 4 heteroatoms. The van der Waals surface area contributed by atoms with Crippen LogP contribution in [-0.4, -0.2) is 17.2 Å². The molecule has 0 aliphatic carbocycles. The summed E-state index contributed by atoms with van der Waals surface area (Å²) in [4.78, 5) is 0. The van der Waals surface area contributed by atoms with Crippen molar-refractivity contribution in [1.29, 1.82) is 0 Å². The van der Waals surface area contributed by atoms with E-state index in [2.05, 4.69) is 246 Å². The molecule has 0 fully saturated rings. The predicted molar refractivity (Wildman–Crippen MR) is 271 cm³/mol. The van der Waals surface area contributed by atoms with Gasteiger partial charge in [0.15, 0.2) is 8.07 Å². The second-order valence-corrected chi connectivity index (χ2v) is 20.6. The van der Waals surface area contributed by atoms with Gasteiger partial charge in [0.25, 0.3) is 0 Å². The smallest absolute Gasteiger partial charge is 0.179 e. The van der Waals surface area contributed by atoms with Crippen molar-refractivity contribution in [3.63, 3.8) is 0 Å². The number of aromatic nitrogens is 2. The Morgan fingerprint density at radius 3 is 1.47 bits per heavy atom. The molecule has 0 aliphatic heterocycles. The molecule has 0 amide bonds. The van der Waals surface area contributed by atoms with Crippen molar-refractivity contribution in [2.24, 2.45) is 0 Å². The van der Waals surface area contributed by atoms with E-state index in [9.17, 15) is 0 Å². The highest BCUT2D eigenvalue weighted by molar-refractivity contribution is 7.19. The van der Waals surface area contributed by atoms with Gasteiger partial charge < -0.3 is 13.6 Å². The number of rotatable bonds is 7. The van der Waals surface area contributed by atoms with Crippen LogP contribution in [0, 0.1) is 0 Å². The molecule has 0 radical (unpaired) electrons. The summed E-state index contributed by atoms with van der Waals surface area (Å²) in [6, 6.07) is 89.2. The van der Waals surface area contributed by atoms with Crippen LogP contribution in [0.25, 0.3) is 88.1 Å². The molecule has 13 aromatic rings. The van der Waals surface area contributed by atoms with E-state index in [1.54, 1.807) is 0 Å². The summed E-state index contributed by atoms with van der Waals surface area (Å²) >= 11 is 0. The van der Waals surface area contributed by atoms with Crippen LogP contribution in [0.2, 0.25) is 0 Å². The van der Waals surface area contributed by atoms with E-state index in [1.807, 2.05) is 6.07 Å². The fourth-order valence-electron chi connectivity index (χ4n) is 10.8. The molecule has 0 bridgehead atoms. The van der Waals surface area contributed by atoms with Crippen LogP contribution in [0.3, 0.4) is 0 Å². The lowest BCUT2D eigenvalue weighted by molar-refractivity contribution is 0.670. The summed E-state index contributed by atoms with van der Waals surface area (Å²) in [6.45, 7) is 0. The van der Waals surface area contributed by atoms with Crippen LogP contribution in [0.15, 0.2) is 247 Å². The van der Waals surface area contributed by atoms with Crippen LogP contribution in [-0.2, 0) is 0 Å². The number of hydrogen-bond donors (Lipinski definition) is 0. The van der Waals surface area contributed by atoms with Crippen molar-refractivity contribution < 1.29 is 4.42 Å². The Balaban J connectivity index is 1.05. The van der Waals surface area contributed by atoms with Crippen molar-refractivity contribution in [2.45, 2.75) is 0 Å². The van der Waals surface area contributed by atoms with E-state index in [-0.39, 0.29) is 0 Å². The molecule has 0 atom stereocenters. The van der Waals surface area contributed by atoms with Gasteiger partial charge in [-0.05, 0) is 69.3 Å². The molecule has 300 valence electrons. The Kier molecular flexibility index (Phi) is 8.23. The average molecular weight is 833 g/mol. The van der Waals surface area contributed by atoms with Gasteiger partial charge in [0, 0.05) is 54.8 Å². The van der Waals surface area contributed by atoms with E-state index in [4.69, 9.17) is 4.42 Å². The van der Waals surface area contributed by atoms with Crippen LogP contribution in [0.4, 0.5) is 0 Å². The first-order valence-corrected chi connectivity index (χ1v) is 24.0.